The van der Waals surface area contributed by atoms with Crippen LogP contribution in [0.4, 0.5) is 0 Å². The third kappa shape index (κ3) is 13.4. The topological polar surface area (TPSA) is 309 Å². The zero-order chi connectivity index (χ0) is 57.4. The first-order chi connectivity index (χ1) is 36.9. The van der Waals surface area contributed by atoms with Crippen LogP contribution in [0.2, 0.25) is 0 Å². The number of carbonyl (C=O) groups excluding carboxylic acids is 10. The SMILES string of the molecule is CSC1SC[C@H]2C(=O)N(C)[C@@H](C(C)C)C(=O)OC[C@@H](NC(=O)c3nc4ccccc4cc3O)C(=O)N[C@@H](C)C(=O)N(C)[C@@H]1C(=O)N(C)[C@@H](C(C)C)C(=O)OC[C@@H](NC(=O)c1cnc3ccccc3n1)C(=O)N[C@@H](C)C(=O)N2C. The molecule has 418 valence electrons. The largest absolute Gasteiger partial charge is 0.505 e. The van der Waals surface area contributed by atoms with Gasteiger partial charge < -0.3 is 55.4 Å². The van der Waals surface area contributed by atoms with Gasteiger partial charge in [-0.25, -0.2) is 19.6 Å². The maximum absolute atomic E-state index is 15.2. The van der Waals surface area contributed by atoms with E-state index in [1.165, 1.54) is 54.3 Å². The summed E-state index contributed by atoms with van der Waals surface area (Å²) in [7, 11) is 5.26. The normalized spacial score (nSPS) is 25.2. The zero-order valence-electron chi connectivity index (χ0n) is 45.0. The zero-order valence-corrected chi connectivity index (χ0v) is 46.7. The molecule has 9 atom stereocenters. The van der Waals surface area contributed by atoms with E-state index in [-0.39, 0.29) is 11.4 Å². The highest BCUT2D eigenvalue weighted by Gasteiger charge is 2.45. The Hall–Kier alpha value is -7.61. The number of para-hydroxylation sites is 3. The van der Waals surface area contributed by atoms with Gasteiger partial charge in [0.1, 0.15) is 73.0 Å². The van der Waals surface area contributed by atoms with Crippen molar-refractivity contribution in [2.75, 3.05) is 53.4 Å². The Balaban J connectivity index is 1.43. The van der Waals surface area contributed by atoms with Crippen LogP contribution in [-0.2, 0) is 47.8 Å². The lowest BCUT2D eigenvalue weighted by Crippen LogP contribution is -2.60. The van der Waals surface area contributed by atoms with Crippen LogP contribution in [0.5, 0.6) is 5.75 Å². The summed E-state index contributed by atoms with van der Waals surface area (Å²) in [5.74, 6) is -11.3. The van der Waals surface area contributed by atoms with Crippen molar-refractivity contribution in [3.63, 3.8) is 0 Å². The molecule has 0 radical (unpaired) electrons. The average molecular weight is 1120 g/mol. The number of nitrogens with one attached hydrogen (secondary N) is 4. The van der Waals surface area contributed by atoms with E-state index in [2.05, 4.69) is 36.2 Å². The number of pyridine rings is 1. The molecule has 26 heteroatoms. The van der Waals surface area contributed by atoms with Crippen LogP contribution >= 0.6 is 23.5 Å². The summed E-state index contributed by atoms with van der Waals surface area (Å²) in [5, 5.41) is 21.5. The van der Waals surface area contributed by atoms with E-state index in [1.807, 2.05) is 0 Å². The highest BCUT2D eigenvalue weighted by Crippen LogP contribution is 2.32. The van der Waals surface area contributed by atoms with Gasteiger partial charge >= 0.3 is 11.9 Å². The van der Waals surface area contributed by atoms with Crippen molar-refractivity contribution in [2.24, 2.45) is 11.8 Å². The molecule has 2 aliphatic rings. The number of fused-ring (bicyclic) bond motifs is 6. The Morgan fingerprint density at radius 2 is 1.18 bits per heavy atom. The Morgan fingerprint density at radius 1 is 0.679 bits per heavy atom. The predicted molar refractivity (Wildman–Crippen MR) is 288 cm³/mol. The summed E-state index contributed by atoms with van der Waals surface area (Å²) in [6.45, 7) is 7.53. The molecule has 8 amide bonds. The summed E-state index contributed by atoms with van der Waals surface area (Å²) >= 11 is 2.13. The second kappa shape index (κ2) is 25.7. The molecule has 0 saturated carbocycles. The monoisotopic (exact) mass is 1120 g/mol. The molecule has 1 unspecified atom stereocenters. The number of cyclic esters (lactones) is 2. The molecule has 78 heavy (non-hydrogen) atoms. The molecule has 2 aliphatic heterocycles. The van der Waals surface area contributed by atoms with Gasteiger partial charge in [-0.3, -0.25) is 43.3 Å². The van der Waals surface area contributed by atoms with Crippen LogP contribution < -0.4 is 21.3 Å². The van der Waals surface area contributed by atoms with E-state index in [4.69, 9.17) is 9.47 Å². The Bertz CT molecular complexity index is 2980. The molecular weight excluding hydrogens is 1050 g/mol. The smallest absolute Gasteiger partial charge is 0.329 e. The number of likely N-dealkylation sites (N-methyl/N-ethyl adjacent to an activating group) is 4. The van der Waals surface area contributed by atoms with Crippen LogP contribution in [0.25, 0.3) is 21.9 Å². The fourth-order valence-electron chi connectivity index (χ4n) is 9.08. The number of thioether (sulfide) groups is 2. The van der Waals surface area contributed by atoms with Crippen molar-refractivity contribution in [2.45, 2.75) is 94.5 Å². The molecule has 4 heterocycles. The lowest BCUT2D eigenvalue weighted by Gasteiger charge is -2.40. The number of benzene rings is 2. The Morgan fingerprint density at radius 3 is 1.73 bits per heavy atom. The van der Waals surface area contributed by atoms with Gasteiger partial charge in [0, 0.05) is 39.3 Å². The van der Waals surface area contributed by atoms with E-state index in [0.717, 1.165) is 43.1 Å². The second-order valence-electron chi connectivity index (χ2n) is 19.6. The minimum absolute atomic E-state index is 0.188. The lowest BCUT2D eigenvalue weighted by atomic mass is 10.0. The van der Waals surface area contributed by atoms with Crippen molar-refractivity contribution in [1.82, 2.24) is 55.8 Å². The van der Waals surface area contributed by atoms with Gasteiger partial charge in [-0.1, -0.05) is 58.0 Å². The number of aromatic nitrogens is 3. The maximum Gasteiger partial charge on any atom is 0.329 e. The molecule has 2 aromatic carbocycles. The van der Waals surface area contributed by atoms with Crippen molar-refractivity contribution < 1.29 is 62.5 Å². The summed E-state index contributed by atoms with van der Waals surface area (Å²) < 4.78 is 10.5. The van der Waals surface area contributed by atoms with Crippen LogP contribution in [0.1, 0.15) is 62.5 Å². The molecule has 2 saturated heterocycles. The summed E-state index contributed by atoms with van der Waals surface area (Å²) in [4.78, 5) is 162. The van der Waals surface area contributed by atoms with Gasteiger partial charge in [-0.15, -0.1) is 23.5 Å². The third-order valence-corrected chi connectivity index (χ3v) is 16.2. The standard InChI is InChI=1S/C52H65N11O13S2/c1-25(2)39-50(73)76-23-35(59-45(68)38-37(64)20-29-16-12-13-17-30(29)57-38)44(67)55-28(6)47(70)63(10)41-49(72)62(9)40(26(3)4)51(74)75-22-34(58-42(65)33-21-53-31-18-14-15-19-32(31)56-33)43(66)54-27(5)46(69)60(7)36(48(71)61(39)8)24-78-52(41)77-11/h12-21,25-28,34-36,39-41,52,64H,22-24H2,1-11H3,(H,54,66)(H,55,67)(H,58,65)(H,59,68)/t27-,28-,34+,35+,36-,39-,40-,41+,52?/m0/s1. The molecule has 0 aliphatic carbocycles. The second-order valence-corrected chi connectivity index (χ2v) is 22.1. The number of amides is 8. The molecule has 24 nitrogen and oxygen atoms in total. The highest BCUT2D eigenvalue weighted by atomic mass is 32.2. The molecular formula is C52H65N11O13S2. The highest BCUT2D eigenvalue weighted by molar-refractivity contribution is 8.16. The maximum atomic E-state index is 15.2. The van der Waals surface area contributed by atoms with Crippen molar-refractivity contribution in [3.8, 4) is 5.75 Å². The number of ether oxygens (including phenoxy) is 2. The third-order valence-electron chi connectivity index (χ3n) is 13.4. The van der Waals surface area contributed by atoms with E-state index in [1.54, 1.807) is 82.5 Å². The first-order valence-corrected chi connectivity index (χ1v) is 27.3. The minimum atomic E-state index is -1.75. The number of rotatable bonds is 7. The molecule has 2 bridgehead atoms. The first kappa shape index (κ1) is 59.6. The summed E-state index contributed by atoms with van der Waals surface area (Å²) in [6.07, 6.45) is 2.84. The van der Waals surface area contributed by atoms with Gasteiger partial charge in [0.05, 0.1) is 27.3 Å². The van der Waals surface area contributed by atoms with E-state index >= 15 is 9.59 Å². The van der Waals surface area contributed by atoms with Crippen LogP contribution in [0.15, 0.2) is 60.8 Å². The number of esters is 2. The van der Waals surface area contributed by atoms with Gasteiger partial charge in [0.15, 0.2) is 5.69 Å². The van der Waals surface area contributed by atoms with E-state index < -0.39 is 149 Å². The van der Waals surface area contributed by atoms with Gasteiger partial charge in [0.2, 0.25) is 35.4 Å². The molecule has 0 spiro atoms. The Labute approximate surface area is 458 Å². The molecule has 4 aromatic rings. The fraction of sp³-hybridized carbons (Fsp3) is 0.481. The van der Waals surface area contributed by atoms with Gasteiger partial charge in [-0.05, 0) is 56.2 Å². The Kier molecular flexibility index (Phi) is 19.6. The fourth-order valence-corrected chi connectivity index (χ4v) is 11.6. The van der Waals surface area contributed by atoms with Crippen LogP contribution in [0, 0.1) is 11.8 Å². The predicted octanol–water partition coefficient (Wildman–Crippen LogP) is 0.946. The van der Waals surface area contributed by atoms with Crippen molar-refractivity contribution >= 4 is 105 Å². The van der Waals surface area contributed by atoms with Crippen LogP contribution in [0.3, 0.4) is 0 Å². The van der Waals surface area contributed by atoms with Gasteiger partial charge in [0.25, 0.3) is 11.8 Å². The van der Waals surface area contributed by atoms with E-state index in [0.29, 0.717) is 21.9 Å². The minimum Gasteiger partial charge on any atom is -0.505 e. The number of hydrogen-bond donors (Lipinski definition) is 5. The van der Waals surface area contributed by atoms with Gasteiger partial charge in [-0.2, -0.15) is 0 Å². The van der Waals surface area contributed by atoms with Crippen LogP contribution in [-0.4, -0.2) is 205 Å². The summed E-state index contributed by atoms with van der Waals surface area (Å²) in [5.41, 5.74) is 0.545. The molecule has 2 aromatic heterocycles. The average Bonchev–Trinajstić information content (AvgIpc) is 3.41. The van der Waals surface area contributed by atoms with E-state index in [9.17, 15) is 43.5 Å². The quantitative estimate of drug-likeness (QED) is 0.161. The summed E-state index contributed by atoms with van der Waals surface area (Å²) in [6, 6.07) is 2.71. The number of aromatic hydroxyl groups is 1. The number of hydrogen-bond acceptors (Lipinski definition) is 18. The first-order valence-electron chi connectivity index (χ1n) is 24.9. The molecule has 2 fully saturated rings. The number of carbonyl (C=O) groups is 10. The lowest BCUT2D eigenvalue weighted by molar-refractivity contribution is -0.160. The molecule has 6 rings (SSSR count). The van der Waals surface area contributed by atoms with Crippen molar-refractivity contribution in [1.29, 1.82) is 0 Å². The number of nitrogens with zero attached hydrogens (tertiary/aromatic N) is 7. The van der Waals surface area contributed by atoms with Crippen molar-refractivity contribution in [3.05, 3.63) is 72.2 Å². The molecule has 5 N–H and O–H groups in total.